The van der Waals surface area contributed by atoms with E-state index in [1.165, 1.54) is 11.8 Å². The molecule has 1 aliphatic heterocycles. The van der Waals surface area contributed by atoms with Crippen LogP contribution in [-0.2, 0) is 4.74 Å². The van der Waals surface area contributed by atoms with E-state index in [4.69, 9.17) is 20.6 Å². The number of nitrogens with one attached hydrogen (secondary N) is 2. The molecular weight excluding hydrogens is 476 g/mol. The van der Waals surface area contributed by atoms with Crippen molar-refractivity contribution in [1.82, 2.24) is 9.88 Å². The van der Waals surface area contributed by atoms with E-state index in [2.05, 4.69) is 33.9 Å². The van der Waals surface area contributed by atoms with Crippen molar-refractivity contribution in [3.63, 3.8) is 0 Å². The highest BCUT2D eigenvalue weighted by Crippen LogP contribution is 2.23. The fourth-order valence-electron chi connectivity index (χ4n) is 3.81. The van der Waals surface area contributed by atoms with E-state index in [1.54, 1.807) is 0 Å². The third-order valence-corrected chi connectivity index (χ3v) is 5.55. The second kappa shape index (κ2) is 22.2. The second-order valence-corrected chi connectivity index (χ2v) is 8.36. The number of anilines is 3. The second-order valence-electron chi connectivity index (χ2n) is 8.36. The Bertz CT molecular complexity index is 866. The first kappa shape index (κ1) is 35.2. The van der Waals surface area contributed by atoms with Crippen LogP contribution in [0.4, 0.5) is 17.2 Å². The van der Waals surface area contributed by atoms with Gasteiger partial charge in [-0.1, -0.05) is 53.2 Å². The third kappa shape index (κ3) is 13.6. The first-order valence-corrected chi connectivity index (χ1v) is 14.2. The van der Waals surface area contributed by atoms with E-state index in [0.29, 0.717) is 18.3 Å². The van der Waals surface area contributed by atoms with Crippen LogP contribution < -0.4 is 20.7 Å². The van der Waals surface area contributed by atoms with Crippen molar-refractivity contribution < 1.29 is 9.47 Å². The number of nitrogen functional groups attached to an aromatic ring is 1. The van der Waals surface area contributed by atoms with E-state index < -0.39 is 0 Å². The molecule has 0 amide bonds. The number of hydrogen-bond acceptors (Lipinski definition) is 8. The molecule has 1 aromatic heterocycles. The molecule has 2 heterocycles. The van der Waals surface area contributed by atoms with Gasteiger partial charge in [0.05, 0.1) is 13.2 Å². The van der Waals surface area contributed by atoms with Crippen LogP contribution >= 0.6 is 0 Å². The van der Waals surface area contributed by atoms with Crippen molar-refractivity contribution in [3.8, 4) is 5.88 Å². The van der Waals surface area contributed by atoms with Crippen LogP contribution in [0.1, 0.15) is 65.5 Å². The fraction of sp³-hybridized carbons (Fsp3) is 0.600. The number of ether oxygens (including phenoxy) is 2. The summed E-state index contributed by atoms with van der Waals surface area (Å²) >= 11 is 0. The Morgan fingerprint density at radius 1 is 1.08 bits per heavy atom. The average Bonchev–Trinajstić information content (AvgIpc) is 2.95. The Morgan fingerprint density at radius 2 is 1.71 bits per heavy atom. The van der Waals surface area contributed by atoms with Gasteiger partial charge in [-0.25, -0.2) is 0 Å². The zero-order valence-corrected chi connectivity index (χ0v) is 25.3. The third-order valence-electron chi connectivity index (χ3n) is 5.55. The molecule has 4 N–H and O–H groups in total. The predicted molar refractivity (Wildman–Crippen MR) is 166 cm³/mol. The van der Waals surface area contributed by atoms with Gasteiger partial charge in [0.1, 0.15) is 12.4 Å². The van der Waals surface area contributed by atoms with Crippen molar-refractivity contribution in [2.75, 3.05) is 75.5 Å². The molecule has 0 atom stereocenters. The van der Waals surface area contributed by atoms with Gasteiger partial charge in [0.25, 0.3) is 0 Å². The first-order valence-electron chi connectivity index (χ1n) is 14.2. The van der Waals surface area contributed by atoms with Crippen molar-refractivity contribution >= 4 is 23.4 Å². The van der Waals surface area contributed by atoms with Crippen LogP contribution in [-0.4, -0.2) is 75.7 Å². The minimum Gasteiger partial charge on any atom is -0.476 e. The number of morpholine rings is 1. The van der Waals surface area contributed by atoms with Gasteiger partial charge in [-0.2, -0.15) is 4.98 Å². The smallest absolute Gasteiger partial charge is 0.217 e. The lowest BCUT2D eigenvalue weighted by Crippen LogP contribution is -2.38. The Hall–Kier alpha value is -2.84. The maximum Gasteiger partial charge on any atom is 0.217 e. The predicted octanol–water partition coefficient (Wildman–Crippen LogP) is 6.09. The number of rotatable bonds is 11. The lowest BCUT2D eigenvalue weighted by molar-refractivity contribution is 0.0320. The SMILES string of the molecule is CC.CC.CCCN(CCC)c1cc(N)nc(OCCN2CCOCC2)c1.CNc1ccc(C)cc1C=N. The Kier molecular flexibility index (Phi) is 20.5. The summed E-state index contributed by atoms with van der Waals surface area (Å²) in [4.78, 5) is 8.99. The molecule has 3 rings (SSSR count). The number of aromatic nitrogens is 1. The fourth-order valence-corrected chi connectivity index (χ4v) is 3.81. The van der Waals surface area contributed by atoms with E-state index in [-0.39, 0.29) is 0 Å². The van der Waals surface area contributed by atoms with Crippen molar-refractivity contribution in [1.29, 1.82) is 5.41 Å². The lowest BCUT2D eigenvalue weighted by Gasteiger charge is -2.26. The molecule has 2 aromatic rings. The molecule has 1 aromatic carbocycles. The highest BCUT2D eigenvalue weighted by Gasteiger charge is 2.12. The summed E-state index contributed by atoms with van der Waals surface area (Å²) in [5.41, 5.74) is 10.2. The summed E-state index contributed by atoms with van der Waals surface area (Å²) in [7, 11) is 1.86. The number of hydrogen-bond donors (Lipinski definition) is 3. The average molecular weight is 531 g/mol. The van der Waals surface area contributed by atoms with Crippen LogP contribution in [0.15, 0.2) is 30.3 Å². The van der Waals surface area contributed by atoms with E-state index in [1.807, 2.05) is 72.0 Å². The summed E-state index contributed by atoms with van der Waals surface area (Å²) in [5, 5.41) is 10.1. The van der Waals surface area contributed by atoms with Gasteiger partial charge >= 0.3 is 0 Å². The standard InChI is InChI=1S/C17H30N4O2.C9H12N2.2C2H6/c1-3-5-21(6-4-2)15-13-16(18)19-17(14-15)23-12-9-20-7-10-22-11-8-20;1-7-3-4-9(11-2)8(5-7)6-10;2*1-2/h13-14H,3-12H2,1-2H3,(H2,18,19);3-6,10-11H,1-2H3;2*1-2H3. The largest absolute Gasteiger partial charge is 0.476 e. The molecule has 8 nitrogen and oxygen atoms in total. The molecule has 1 fully saturated rings. The molecule has 0 bridgehead atoms. The molecule has 0 unspecified atom stereocenters. The Morgan fingerprint density at radius 3 is 2.26 bits per heavy atom. The number of aryl methyl sites for hydroxylation is 1. The van der Waals surface area contributed by atoms with Gasteiger partial charge in [-0.3, -0.25) is 4.90 Å². The number of benzene rings is 1. The number of nitrogens with two attached hydrogens (primary N) is 1. The maximum atomic E-state index is 7.12. The Labute approximate surface area is 232 Å². The molecule has 38 heavy (non-hydrogen) atoms. The van der Waals surface area contributed by atoms with E-state index >= 15 is 0 Å². The minimum atomic E-state index is 0.515. The molecule has 8 heteroatoms. The van der Waals surface area contributed by atoms with Gasteiger partial charge < -0.3 is 30.8 Å². The zero-order chi connectivity index (χ0) is 28.8. The van der Waals surface area contributed by atoms with E-state index in [0.717, 1.165) is 75.7 Å². The van der Waals surface area contributed by atoms with Crippen LogP contribution in [0, 0.1) is 12.3 Å². The molecular formula is C30H54N6O2. The molecule has 0 radical (unpaired) electrons. The van der Waals surface area contributed by atoms with Gasteiger partial charge in [-0.15, -0.1) is 0 Å². The highest BCUT2D eigenvalue weighted by atomic mass is 16.5. The quantitative estimate of drug-likeness (QED) is 0.302. The lowest BCUT2D eigenvalue weighted by atomic mass is 10.1. The van der Waals surface area contributed by atoms with Gasteiger partial charge in [-0.05, 0) is 31.9 Å². The van der Waals surface area contributed by atoms with Gasteiger partial charge in [0, 0.05) is 75.1 Å². The van der Waals surface area contributed by atoms with Crippen LogP contribution in [0.25, 0.3) is 0 Å². The van der Waals surface area contributed by atoms with Crippen molar-refractivity contribution in [2.24, 2.45) is 0 Å². The molecule has 0 aliphatic carbocycles. The molecule has 1 saturated heterocycles. The molecule has 1 aliphatic rings. The van der Waals surface area contributed by atoms with Crippen LogP contribution in [0.5, 0.6) is 5.88 Å². The summed E-state index contributed by atoms with van der Waals surface area (Å²) in [5.74, 6) is 1.13. The summed E-state index contributed by atoms with van der Waals surface area (Å²) < 4.78 is 11.2. The van der Waals surface area contributed by atoms with E-state index in [9.17, 15) is 0 Å². The maximum absolute atomic E-state index is 7.12. The van der Waals surface area contributed by atoms with Crippen LogP contribution in [0.2, 0.25) is 0 Å². The normalized spacial score (nSPS) is 12.4. The molecule has 0 spiro atoms. The minimum absolute atomic E-state index is 0.515. The first-order chi connectivity index (χ1) is 18.5. The molecule has 216 valence electrons. The monoisotopic (exact) mass is 530 g/mol. The topological polar surface area (TPSA) is 99.7 Å². The van der Waals surface area contributed by atoms with Crippen molar-refractivity contribution in [3.05, 3.63) is 41.5 Å². The number of nitrogens with zero attached hydrogens (tertiary/aromatic N) is 3. The summed E-state index contributed by atoms with van der Waals surface area (Å²) in [6.07, 6.45) is 3.57. The molecule has 0 saturated carbocycles. The van der Waals surface area contributed by atoms with Gasteiger partial charge in [0.15, 0.2) is 0 Å². The summed E-state index contributed by atoms with van der Waals surface area (Å²) in [6, 6.07) is 9.93. The summed E-state index contributed by atoms with van der Waals surface area (Å²) in [6.45, 7) is 21.5. The van der Waals surface area contributed by atoms with Crippen molar-refractivity contribution in [2.45, 2.75) is 61.3 Å². The number of pyridine rings is 1. The van der Waals surface area contributed by atoms with Gasteiger partial charge in [0.2, 0.25) is 5.88 Å². The van der Waals surface area contributed by atoms with Crippen LogP contribution in [0.3, 0.4) is 0 Å². The Balaban J connectivity index is 0.000000763. The highest BCUT2D eigenvalue weighted by molar-refractivity contribution is 5.85. The zero-order valence-electron chi connectivity index (χ0n) is 25.3.